The Balaban J connectivity index is 3.32. The molecule has 196 valence electrons. The van der Waals surface area contributed by atoms with E-state index in [1.165, 1.54) is 0 Å². The Morgan fingerprint density at radius 2 is 1.71 bits per heavy atom. The molecule has 0 spiro atoms. The van der Waals surface area contributed by atoms with Crippen LogP contribution in [0.15, 0.2) is 50.6 Å². The van der Waals surface area contributed by atoms with Gasteiger partial charge in [-0.15, -0.1) is 13.2 Å². The van der Waals surface area contributed by atoms with Gasteiger partial charge in [-0.1, -0.05) is 39.2 Å². The van der Waals surface area contributed by atoms with Crippen LogP contribution in [0.3, 0.4) is 0 Å². The Bertz CT molecular complexity index is 704. The lowest BCUT2D eigenvalue weighted by Crippen LogP contribution is -2.64. The predicted octanol–water partition coefficient (Wildman–Crippen LogP) is 2.15. The van der Waals surface area contributed by atoms with E-state index < -0.39 is 42.8 Å². The maximum atomic E-state index is 12.7. The summed E-state index contributed by atoms with van der Waals surface area (Å²) in [5.74, 6) is -0.510. The third kappa shape index (κ3) is 10.9. The molecule has 0 amide bonds. The lowest BCUT2D eigenvalue weighted by Gasteiger charge is -2.41. The van der Waals surface area contributed by atoms with Gasteiger partial charge in [0.15, 0.2) is 32.0 Å². The van der Waals surface area contributed by atoms with E-state index in [2.05, 4.69) is 31.1 Å². The zero-order chi connectivity index (χ0) is 26.1. The lowest BCUT2D eigenvalue weighted by atomic mass is 9.97. The molecule has 35 heavy (non-hydrogen) atoms. The van der Waals surface area contributed by atoms with Crippen LogP contribution in [-0.2, 0) is 28.5 Å². The smallest absolute Gasteiger partial charge is 0.336 e. The molecule has 1 rings (SSSR count). The van der Waals surface area contributed by atoms with Crippen LogP contribution in [0.2, 0.25) is 0 Å². The Labute approximate surface area is 208 Å². The Morgan fingerprint density at radius 1 is 1.06 bits per heavy atom. The van der Waals surface area contributed by atoms with Crippen molar-refractivity contribution < 1.29 is 38.0 Å². The molecule has 0 aromatic rings. The molecule has 0 radical (unpaired) electrons. The molecule has 1 heterocycles. The van der Waals surface area contributed by atoms with E-state index in [9.17, 15) is 4.79 Å². The van der Waals surface area contributed by atoms with Crippen LogP contribution in [0.25, 0.3) is 0 Å². The molecular weight excluding hydrogens is 454 g/mol. The van der Waals surface area contributed by atoms with Gasteiger partial charge in [0, 0.05) is 0 Å². The first-order valence-corrected chi connectivity index (χ1v) is 11.7. The van der Waals surface area contributed by atoms with Crippen molar-refractivity contribution in [1.82, 2.24) is 0 Å². The lowest BCUT2D eigenvalue weighted by molar-refractivity contribution is -0.371. The fraction of sp³-hybridized carbons (Fsp3) is 0.615. The molecule has 3 unspecified atom stereocenters. The number of carbonyl (C=O) groups excluding carboxylic acids is 1. The van der Waals surface area contributed by atoms with Crippen LogP contribution in [0, 0.1) is 17.2 Å². The molecule has 9 heteroatoms. The summed E-state index contributed by atoms with van der Waals surface area (Å²) in [5, 5.41) is 8.81. The summed E-state index contributed by atoms with van der Waals surface area (Å²) in [5.41, 5.74) is 0. The monoisotopic (exact) mass is 495 g/mol. The van der Waals surface area contributed by atoms with Gasteiger partial charge in [0.2, 0.25) is 24.6 Å². The molecule has 9 nitrogen and oxygen atoms in total. The topological polar surface area (TPSA) is 113 Å². The highest BCUT2D eigenvalue weighted by atomic mass is 16.7. The SMILES string of the molecule is C=CCOC[C@H]1OC(O[C@@H](CC(C)C)C(=O)OCC#N)C([OH+]CC=C)[C@@H](OCC=C)C1[OH+]CC=C. The second kappa shape index (κ2) is 18.0. The van der Waals surface area contributed by atoms with Gasteiger partial charge in [0.05, 0.1) is 19.8 Å². The summed E-state index contributed by atoms with van der Waals surface area (Å²) in [6.45, 7) is 20.0. The number of hydrogen-bond donors (Lipinski definition) is 0. The van der Waals surface area contributed by atoms with Crippen molar-refractivity contribution in [3.05, 3.63) is 50.6 Å². The summed E-state index contributed by atoms with van der Waals surface area (Å²) in [4.78, 5) is 12.7. The molecule has 1 saturated heterocycles. The first-order valence-electron chi connectivity index (χ1n) is 11.7. The number of nitriles is 1. The third-order valence-corrected chi connectivity index (χ3v) is 4.98. The van der Waals surface area contributed by atoms with Crippen LogP contribution in [-0.4, -0.2) is 91.9 Å². The van der Waals surface area contributed by atoms with Gasteiger partial charge in [-0.2, -0.15) is 5.26 Å². The van der Waals surface area contributed by atoms with Crippen LogP contribution < -0.4 is 0 Å². The fourth-order valence-electron chi connectivity index (χ4n) is 3.59. The van der Waals surface area contributed by atoms with Crippen molar-refractivity contribution in [3.63, 3.8) is 0 Å². The summed E-state index contributed by atoms with van der Waals surface area (Å²) in [6.07, 6.45) is 2.96. The number of aliphatic hydroxyl groups is 4. The van der Waals surface area contributed by atoms with Crippen LogP contribution in [0.1, 0.15) is 20.3 Å². The number of rotatable bonds is 19. The Kier molecular flexibility index (Phi) is 15.8. The second-order valence-corrected chi connectivity index (χ2v) is 8.26. The van der Waals surface area contributed by atoms with Crippen molar-refractivity contribution in [1.29, 1.82) is 5.26 Å². The number of nitrogens with zero attached hydrogens (tertiary/aromatic N) is 1. The van der Waals surface area contributed by atoms with E-state index in [0.717, 1.165) is 0 Å². The molecular formula is C26H41NO8+2. The summed E-state index contributed by atoms with van der Waals surface area (Å²) < 4.78 is 38.8. The maximum absolute atomic E-state index is 12.7. The van der Waals surface area contributed by atoms with Crippen molar-refractivity contribution >= 4 is 5.97 Å². The third-order valence-electron chi connectivity index (χ3n) is 4.98. The summed E-state index contributed by atoms with van der Waals surface area (Å²) in [6, 6.07) is 1.80. The van der Waals surface area contributed by atoms with Crippen molar-refractivity contribution in [2.45, 2.75) is 57.1 Å². The molecule has 0 aromatic heterocycles. The number of hydrogen-bond acceptors (Lipinski definition) is 7. The van der Waals surface area contributed by atoms with Gasteiger partial charge < -0.3 is 33.2 Å². The second-order valence-electron chi connectivity index (χ2n) is 8.26. The van der Waals surface area contributed by atoms with E-state index in [1.807, 2.05) is 13.8 Å². The molecule has 6 atom stereocenters. The minimum Gasteiger partial charge on any atom is -0.448 e. The average Bonchev–Trinajstić information content (AvgIpc) is 2.84. The largest absolute Gasteiger partial charge is 0.448 e. The zero-order valence-corrected chi connectivity index (χ0v) is 20.9. The quantitative estimate of drug-likeness (QED) is 0.117. The highest BCUT2D eigenvalue weighted by Gasteiger charge is 2.55. The highest BCUT2D eigenvalue weighted by molar-refractivity contribution is 5.74. The van der Waals surface area contributed by atoms with Gasteiger partial charge in [-0.25, -0.2) is 4.79 Å². The van der Waals surface area contributed by atoms with Crippen molar-refractivity contribution in [2.75, 3.05) is 39.6 Å². The molecule has 2 N–H and O–H groups in total. The Morgan fingerprint density at radius 3 is 2.29 bits per heavy atom. The minimum atomic E-state index is -0.953. The van der Waals surface area contributed by atoms with E-state index in [-0.39, 0.29) is 25.7 Å². The fourth-order valence-corrected chi connectivity index (χ4v) is 3.59. The van der Waals surface area contributed by atoms with E-state index in [1.54, 1.807) is 30.4 Å². The number of ether oxygens (including phenoxy) is 7. The molecule has 1 aliphatic rings. The van der Waals surface area contributed by atoms with Crippen LogP contribution >= 0.6 is 0 Å². The number of esters is 1. The zero-order valence-electron chi connectivity index (χ0n) is 20.9. The molecule has 1 fully saturated rings. The number of carbonyl (C=O) groups is 1. The molecule has 0 bridgehead atoms. The van der Waals surface area contributed by atoms with Gasteiger partial charge in [-0.3, -0.25) is 0 Å². The molecule has 1 aliphatic heterocycles. The molecule has 0 aliphatic carbocycles. The van der Waals surface area contributed by atoms with E-state index in [0.29, 0.717) is 26.2 Å². The first kappa shape index (κ1) is 30.7. The molecule has 0 aromatic carbocycles. The standard InChI is InChI=1S/C26H39NO8/c1-7-12-29-18-21-22(30-13-8-2)23(31-14-9-3)24(32-15-10-4)26(35-21)34-20(17-19(5)6)25(28)33-16-11-27/h7-10,19-24,26H,1-4,12-18H2,5-6H3/p+2/t20-,21+,22?,23-,24?,26?/m0/s1. The van der Waals surface area contributed by atoms with Gasteiger partial charge >= 0.3 is 5.97 Å². The van der Waals surface area contributed by atoms with Crippen LogP contribution in [0.5, 0.6) is 0 Å². The van der Waals surface area contributed by atoms with E-state index >= 15 is 0 Å². The Hall–Kier alpha value is -2.32. The average molecular weight is 496 g/mol. The van der Waals surface area contributed by atoms with Gasteiger partial charge in [0.25, 0.3) is 0 Å². The minimum absolute atomic E-state index is 0.122. The van der Waals surface area contributed by atoms with Crippen molar-refractivity contribution in [2.24, 2.45) is 5.92 Å². The summed E-state index contributed by atoms with van der Waals surface area (Å²) >= 11 is 0. The highest BCUT2D eigenvalue weighted by Crippen LogP contribution is 2.29. The van der Waals surface area contributed by atoms with E-state index in [4.69, 9.17) is 33.7 Å². The predicted molar refractivity (Wildman–Crippen MR) is 133 cm³/mol. The summed E-state index contributed by atoms with van der Waals surface area (Å²) in [7, 11) is 0. The molecule has 0 saturated carbocycles. The normalized spacial score (nSPS) is 24.8. The van der Waals surface area contributed by atoms with Gasteiger partial charge in [-0.05, 0) is 24.5 Å². The van der Waals surface area contributed by atoms with Gasteiger partial charge in [0.1, 0.15) is 6.07 Å². The first-order chi connectivity index (χ1) is 16.9. The maximum Gasteiger partial charge on any atom is 0.336 e. The van der Waals surface area contributed by atoms with Crippen molar-refractivity contribution in [3.8, 4) is 6.07 Å². The van der Waals surface area contributed by atoms with Crippen LogP contribution in [0.4, 0.5) is 0 Å².